The molecule has 2 fully saturated rings. The topological polar surface area (TPSA) is 90.0 Å². The number of nitrogens with zero attached hydrogens (tertiary/aromatic N) is 3. The van der Waals surface area contributed by atoms with Gasteiger partial charge in [-0.1, -0.05) is 36.4 Å². The summed E-state index contributed by atoms with van der Waals surface area (Å²) in [5.41, 5.74) is 0.0548. The van der Waals surface area contributed by atoms with Crippen LogP contribution in [0.15, 0.2) is 47.8 Å². The molecule has 32 heavy (non-hydrogen) atoms. The molecule has 0 bridgehead atoms. The number of aryl methyl sites for hydroxylation is 1. The number of benzene rings is 1. The molecule has 0 unspecified atom stereocenters. The molecule has 3 heterocycles. The summed E-state index contributed by atoms with van der Waals surface area (Å²) < 4.78 is 0. The van der Waals surface area contributed by atoms with Gasteiger partial charge in [-0.05, 0) is 36.8 Å². The van der Waals surface area contributed by atoms with E-state index in [1.807, 2.05) is 41.8 Å². The van der Waals surface area contributed by atoms with Crippen LogP contribution in [0, 0.1) is 0 Å². The Hall–Kier alpha value is -3.20. The highest BCUT2D eigenvalue weighted by molar-refractivity contribution is 7.12. The molecule has 2 aliphatic heterocycles. The van der Waals surface area contributed by atoms with Gasteiger partial charge in [0.2, 0.25) is 5.91 Å². The molecule has 1 N–H and O–H groups in total. The number of imide groups is 1. The number of carbonyl (C=O) groups excluding carboxylic acids is 4. The molecule has 4 rings (SSSR count). The zero-order valence-corrected chi connectivity index (χ0v) is 18.8. The average molecular weight is 455 g/mol. The van der Waals surface area contributed by atoms with Crippen LogP contribution in [0.1, 0.15) is 28.6 Å². The second-order valence-corrected chi connectivity index (χ2v) is 9.24. The van der Waals surface area contributed by atoms with Crippen molar-refractivity contribution in [1.29, 1.82) is 0 Å². The largest absolute Gasteiger partial charge is 0.338 e. The number of carbonyl (C=O) groups is 4. The van der Waals surface area contributed by atoms with E-state index in [-0.39, 0.29) is 24.3 Å². The molecule has 2 saturated heterocycles. The predicted octanol–water partition coefficient (Wildman–Crippen LogP) is 1.98. The number of thiophene rings is 1. The molecule has 0 saturated carbocycles. The van der Waals surface area contributed by atoms with E-state index in [0.29, 0.717) is 43.9 Å². The van der Waals surface area contributed by atoms with Crippen molar-refractivity contribution in [1.82, 2.24) is 20.0 Å². The van der Waals surface area contributed by atoms with Crippen LogP contribution in [-0.4, -0.2) is 76.7 Å². The molecule has 0 spiro atoms. The van der Waals surface area contributed by atoms with E-state index < -0.39 is 11.6 Å². The summed E-state index contributed by atoms with van der Waals surface area (Å²) in [7, 11) is 0. The van der Waals surface area contributed by atoms with Crippen LogP contribution >= 0.6 is 11.3 Å². The van der Waals surface area contributed by atoms with Crippen LogP contribution in [0.5, 0.6) is 0 Å². The highest BCUT2D eigenvalue weighted by Gasteiger charge is 2.48. The highest BCUT2D eigenvalue weighted by atomic mass is 32.1. The van der Waals surface area contributed by atoms with Gasteiger partial charge >= 0.3 is 6.03 Å². The van der Waals surface area contributed by atoms with Crippen molar-refractivity contribution in [2.75, 3.05) is 32.7 Å². The third kappa shape index (κ3) is 4.52. The predicted molar refractivity (Wildman–Crippen MR) is 120 cm³/mol. The Kier molecular flexibility index (Phi) is 6.27. The molecule has 0 aliphatic carbocycles. The maximum atomic E-state index is 13.0. The fraction of sp³-hybridized carbons (Fsp3) is 0.391. The molecule has 1 atom stereocenters. The van der Waals surface area contributed by atoms with E-state index in [0.717, 1.165) is 10.5 Å². The zero-order valence-electron chi connectivity index (χ0n) is 18.0. The molecule has 5 amide bonds. The first kappa shape index (κ1) is 22.0. The van der Waals surface area contributed by atoms with E-state index >= 15 is 0 Å². The first-order chi connectivity index (χ1) is 15.4. The normalized spacial score (nSPS) is 21.1. The fourth-order valence-corrected chi connectivity index (χ4v) is 4.74. The van der Waals surface area contributed by atoms with Crippen LogP contribution in [0.2, 0.25) is 0 Å². The Labute approximate surface area is 190 Å². The lowest BCUT2D eigenvalue weighted by molar-refractivity contribution is -0.139. The van der Waals surface area contributed by atoms with Crippen LogP contribution in [0.4, 0.5) is 4.79 Å². The molecule has 1 aromatic heterocycles. The summed E-state index contributed by atoms with van der Waals surface area (Å²) >= 11 is 1.40. The van der Waals surface area contributed by atoms with Crippen LogP contribution in [-0.2, 0) is 16.0 Å². The Morgan fingerprint density at radius 1 is 1.00 bits per heavy atom. The second kappa shape index (κ2) is 9.12. The van der Waals surface area contributed by atoms with Gasteiger partial charge in [-0.15, -0.1) is 11.3 Å². The highest BCUT2D eigenvalue weighted by Crippen LogP contribution is 2.23. The van der Waals surface area contributed by atoms with Crippen molar-refractivity contribution in [3.05, 3.63) is 58.3 Å². The summed E-state index contributed by atoms with van der Waals surface area (Å²) in [4.78, 5) is 55.7. The fourth-order valence-electron chi connectivity index (χ4n) is 4.05. The summed E-state index contributed by atoms with van der Waals surface area (Å²) in [5.74, 6) is -0.697. The number of amides is 5. The molecule has 1 aromatic carbocycles. The molecular weight excluding hydrogens is 428 g/mol. The van der Waals surface area contributed by atoms with Crippen molar-refractivity contribution in [3.8, 4) is 0 Å². The van der Waals surface area contributed by atoms with E-state index in [1.54, 1.807) is 22.8 Å². The van der Waals surface area contributed by atoms with Gasteiger partial charge in [-0.3, -0.25) is 19.3 Å². The zero-order chi connectivity index (χ0) is 22.7. The van der Waals surface area contributed by atoms with Gasteiger partial charge in [0, 0.05) is 26.2 Å². The van der Waals surface area contributed by atoms with Crippen molar-refractivity contribution in [2.45, 2.75) is 25.3 Å². The van der Waals surface area contributed by atoms with E-state index in [2.05, 4.69) is 5.32 Å². The van der Waals surface area contributed by atoms with E-state index in [4.69, 9.17) is 0 Å². The minimum atomic E-state index is -1.03. The summed E-state index contributed by atoms with van der Waals surface area (Å²) in [6.07, 6.45) is 1.10. The van der Waals surface area contributed by atoms with Gasteiger partial charge in [-0.25, -0.2) is 4.79 Å². The molecule has 8 nitrogen and oxygen atoms in total. The number of urea groups is 1. The SMILES string of the molecule is C[C@]1(CCc2ccccc2)NC(=O)N(CC(=O)N2CCN(C(=O)c3cccs3)CC2)C1=O. The summed E-state index contributed by atoms with van der Waals surface area (Å²) in [5, 5.41) is 4.62. The summed E-state index contributed by atoms with van der Waals surface area (Å²) in [6.45, 7) is 3.03. The van der Waals surface area contributed by atoms with Gasteiger partial charge in [0.25, 0.3) is 11.8 Å². The Bertz CT molecular complexity index is 1000. The Morgan fingerprint density at radius 3 is 2.34 bits per heavy atom. The smallest absolute Gasteiger partial charge is 0.325 e. The minimum absolute atomic E-state index is 0.0321. The standard InChI is InChI=1S/C23H26N4O4S/c1-23(10-9-17-6-3-2-4-7-17)21(30)27(22(31)24-23)16-19(28)25-11-13-26(14-12-25)20(29)18-8-5-15-32-18/h2-8,15H,9-14,16H2,1H3,(H,24,31)/t23-/m1/s1. The van der Waals surface area contributed by atoms with Crippen molar-refractivity contribution >= 4 is 35.1 Å². The maximum Gasteiger partial charge on any atom is 0.325 e. The number of piperazine rings is 1. The lowest BCUT2D eigenvalue weighted by Crippen LogP contribution is -2.53. The van der Waals surface area contributed by atoms with Crippen LogP contribution < -0.4 is 5.32 Å². The minimum Gasteiger partial charge on any atom is -0.338 e. The lowest BCUT2D eigenvalue weighted by atomic mass is 9.93. The first-order valence-corrected chi connectivity index (χ1v) is 11.5. The molecule has 9 heteroatoms. The van der Waals surface area contributed by atoms with Gasteiger partial charge < -0.3 is 15.1 Å². The molecule has 0 radical (unpaired) electrons. The third-order valence-corrected chi connectivity index (χ3v) is 6.90. The van der Waals surface area contributed by atoms with Crippen LogP contribution in [0.25, 0.3) is 0 Å². The molecule has 2 aromatic rings. The average Bonchev–Trinajstić information content (AvgIpc) is 3.42. The number of rotatable bonds is 6. The second-order valence-electron chi connectivity index (χ2n) is 8.29. The molecular formula is C23H26N4O4S. The first-order valence-electron chi connectivity index (χ1n) is 10.7. The number of hydrogen-bond donors (Lipinski definition) is 1. The molecule has 2 aliphatic rings. The number of nitrogens with one attached hydrogen (secondary N) is 1. The quantitative estimate of drug-likeness (QED) is 0.676. The Balaban J connectivity index is 1.31. The van der Waals surface area contributed by atoms with Crippen LogP contribution in [0.3, 0.4) is 0 Å². The van der Waals surface area contributed by atoms with Gasteiger partial charge in [0.05, 0.1) is 4.88 Å². The number of hydrogen-bond acceptors (Lipinski definition) is 5. The lowest BCUT2D eigenvalue weighted by Gasteiger charge is -2.35. The van der Waals surface area contributed by atoms with Gasteiger partial charge in [0.15, 0.2) is 0 Å². The molecule has 168 valence electrons. The third-order valence-electron chi connectivity index (χ3n) is 6.05. The van der Waals surface area contributed by atoms with Crippen molar-refractivity contribution < 1.29 is 19.2 Å². The maximum absolute atomic E-state index is 13.0. The van der Waals surface area contributed by atoms with Gasteiger partial charge in [0.1, 0.15) is 12.1 Å². The Morgan fingerprint density at radius 2 is 1.69 bits per heavy atom. The van der Waals surface area contributed by atoms with Gasteiger partial charge in [-0.2, -0.15) is 0 Å². The van der Waals surface area contributed by atoms with Crippen molar-refractivity contribution in [2.24, 2.45) is 0 Å². The van der Waals surface area contributed by atoms with Crippen molar-refractivity contribution in [3.63, 3.8) is 0 Å². The monoisotopic (exact) mass is 454 g/mol. The van der Waals surface area contributed by atoms with E-state index in [9.17, 15) is 19.2 Å². The summed E-state index contributed by atoms with van der Waals surface area (Å²) in [6, 6.07) is 12.9. The van der Waals surface area contributed by atoms with E-state index in [1.165, 1.54) is 11.3 Å².